The second-order valence-corrected chi connectivity index (χ2v) is 39.7. The highest BCUT2D eigenvalue weighted by Crippen LogP contribution is 2.43. The SMILES string of the molecule is CCCN(CCC)Cc1nc2c(O)c(Cl)cc(Cl)c2c(=O)n1CC1CC1.CCN(C)Cc1nc2c(O)c(Cl)cc(Cl)c2c(=O)n1CC1CC1.CN(Cc1ccc(F)cc1)Cc1nc2c(O)c(Cl)cc(Cl)c2c(=O)n1CC1CC1.CN(Cc1nc2c(O)c(Cl)cc(Cl)c2c(=O)n1CC1CC1)C1CCCCC1.O=c1c2c(Cl)cc(Cl)c(O)c2nc(CN2CCCC2)n1CC1CC1. The second kappa shape index (κ2) is 42.9. The summed E-state index contributed by atoms with van der Waals surface area (Å²) in [7, 11) is 5.95. The molecule has 5 aromatic heterocycles. The number of halogens is 11. The standard InChI is InChI=1S/C21H20Cl2FN3O2.C20H25Cl2N3O2.C19H25Cl2N3O2.C17H19Cl2N3O2.C16H19Cl2N3O2/c1-26(9-12-4-6-14(24)7-5-12)11-17-25-19-18(15(22)8-16(23)20(19)28)21(29)27(17)10-13-2-3-13;1-24(13-5-3-2-4-6-13)11-16-23-18-17(14(21)9-15(22)19(18)26)20(27)25(16)10-12-7-8-12;1-3-7-23(8-4-2)11-15-22-17-16(13(20)9-14(21)18(17)25)19(26)24(15)10-12-5-6-12;18-11-7-12(19)16(23)15-14(11)17(24)22(8-10-3-4-10)13(20-15)9-21-5-1-2-6-21;1-3-20(2)8-12-19-14-13(10(17)6-11(18)15(14)22)16(23)21(12)7-9-4-5-9/h4-8,13,28H,2-3,9-11H2,1H3;9,12-13,26H,2-8,10-11H2,1H3;9,12,25H,3-8,10-11H2,1-2H3;7,10,23H,1-6,8-9H2;6,9,22H,3-5,7-8H2,1-2H3. The summed E-state index contributed by atoms with van der Waals surface area (Å²) in [6.07, 6.45) is 21.8. The molecule has 0 bridgehead atoms. The van der Waals surface area contributed by atoms with Crippen molar-refractivity contribution in [2.24, 2.45) is 29.6 Å². The van der Waals surface area contributed by atoms with Gasteiger partial charge < -0.3 is 25.5 Å². The van der Waals surface area contributed by atoms with E-state index in [0.29, 0.717) is 137 Å². The average Bonchev–Trinajstić information content (AvgIpc) is 1.59. The molecule has 1 saturated heterocycles. The largest absolute Gasteiger partial charge is 0.504 e. The van der Waals surface area contributed by atoms with Crippen LogP contribution in [0.2, 0.25) is 50.2 Å². The van der Waals surface area contributed by atoms with Crippen molar-refractivity contribution in [2.75, 3.05) is 53.9 Å². The molecule has 6 aliphatic carbocycles. The molecule has 11 aromatic rings. The molecular formula is C93H108Cl10FN15O10. The number of rotatable bonds is 28. The molecule has 1 aliphatic heterocycles. The van der Waals surface area contributed by atoms with Crippen LogP contribution in [-0.4, -0.2) is 158 Å². The van der Waals surface area contributed by atoms with Crippen molar-refractivity contribution in [2.45, 2.75) is 221 Å². The van der Waals surface area contributed by atoms with Crippen LogP contribution in [0.4, 0.5) is 4.39 Å². The van der Waals surface area contributed by atoms with Crippen LogP contribution in [0.5, 0.6) is 28.7 Å². The summed E-state index contributed by atoms with van der Waals surface area (Å²) in [4.78, 5) is 99.5. The van der Waals surface area contributed by atoms with Gasteiger partial charge in [-0.05, 0) is 234 Å². The summed E-state index contributed by atoms with van der Waals surface area (Å²) in [5.41, 5.74) is 0.805. The summed E-state index contributed by atoms with van der Waals surface area (Å²) >= 11 is 61.3. The van der Waals surface area contributed by atoms with Gasteiger partial charge in [0.1, 0.15) is 62.5 Å². The number of fused-ring (bicyclic) bond motifs is 5. The molecule has 25 nitrogen and oxygen atoms in total. The molecule has 0 amide bonds. The number of hydrogen-bond donors (Lipinski definition) is 5. The summed E-state index contributed by atoms with van der Waals surface area (Å²) in [6.45, 7) is 17.5. The number of hydrogen-bond acceptors (Lipinski definition) is 20. The third-order valence-electron chi connectivity index (χ3n) is 25.0. The maximum Gasteiger partial charge on any atom is 0.263 e. The quantitative estimate of drug-likeness (QED) is 0.0304. The number of benzene rings is 6. The minimum atomic E-state index is -0.282. The zero-order valence-electron chi connectivity index (χ0n) is 73.1. The van der Waals surface area contributed by atoms with E-state index in [0.717, 1.165) is 115 Å². The van der Waals surface area contributed by atoms with E-state index >= 15 is 0 Å². The third-order valence-corrected chi connectivity index (χ3v) is 27.9. The first-order valence-corrected chi connectivity index (χ1v) is 48.3. The third kappa shape index (κ3) is 23.5. The van der Waals surface area contributed by atoms with E-state index in [9.17, 15) is 53.9 Å². The number of likely N-dealkylation sites (tertiary alicyclic amines) is 1. The van der Waals surface area contributed by atoms with Gasteiger partial charge in [-0.2, -0.15) is 0 Å². The number of nitrogens with zero attached hydrogens (tertiary/aromatic N) is 15. The Kier molecular flexibility index (Phi) is 32.5. The van der Waals surface area contributed by atoms with Crippen molar-refractivity contribution in [3.63, 3.8) is 0 Å². The lowest BCUT2D eigenvalue weighted by Gasteiger charge is -2.31. The maximum absolute atomic E-state index is 13.2. The van der Waals surface area contributed by atoms with Crippen molar-refractivity contribution < 1.29 is 29.9 Å². The minimum absolute atomic E-state index is 0.0555. The molecule has 692 valence electrons. The monoisotopic (exact) mass is 1960 g/mol. The lowest BCUT2D eigenvalue weighted by atomic mass is 9.94. The van der Waals surface area contributed by atoms with E-state index < -0.39 is 0 Å². The highest BCUT2D eigenvalue weighted by Gasteiger charge is 2.34. The Balaban J connectivity index is 0.000000131. The van der Waals surface area contributed by atoms with Gasteiger partial charge >= 0.3 is 0 Å². The van der Waals surface area contributed by atoms with E-state index in [1.165, 1.54) is 87.4 Å². The molecule has 18 rings (SSSR count). The lowest BCUT2D eigenvalue weighted by Crippen LogP contribution is -2.36. The fraction of sp³-hybridized carbons (Fsp3) is 0.505. The highest BCUT2D eigenvalue weighted by molar-refractivity contribution is 6.42. The van der Waals surface area contributed by atoms with Crippen molar-refractivity contribution in [1.29, 1.82) is 0 Å². The van der Waals surface area contributed by atoms with Gasteiger partial charge in [-0.1, -0.05) is 168 Å². The molecule has 0 unspecified atom stereocenters. The zero-order valence-corrected chi connectivity index (χ0v) is 80.6. The zero-order chi connectivity index (χ0) is 92.2. The maximum atomic E-state index is 13.2. The molecular weight excluding hydrogens is 1860 g/mol. The number of phenolic OH excluding ortho intramolecular Hbond substituents is 5. The Labute approximate surface area is 796 Å². The fourth-order valence-corrected chi connectivity index (χ4v) is 19.4. The van der Waals surface area contributed by atoms with Crippen molar-refractivity contribution >= 4 is 171 Å². The predicted octanol–water partition coefficient (Wildman–Crippen LogP) is 20.3. The van der Waals surface area contributed by atoms with E-state index in [4.69, 9.17) is 116 Å². The fourth-order valence-electron chi connectivity index (χ4n) is 16.8. The smallest absolute Gasteiger partial charge is 0.263 e. The van der Waals surface area contributed by atoms with Gasteiger partial charge in [-0.3, -0.25) is 71.3 Å². The molecule has 7 aliphatic rings. The lowest BCUT2D eigenvalue weighted by molar-refractivity contribution is 0.178. The van der Waals surface area contributed by atoms with Crippen LogP contribution in [0.15, 0.2) is 78.6 Å². The summed E-state index contributed by atoms with van der Waals surface area (Å²) < 4.78 is 21.8. The Hall–Kier alpha value is -7.35. The van der Waals surface area contributed by atoms with Crippen LogP contribution in [0.25, 0.3) is 54.5 Å². The van der Waals surface area contributed by atoms with Gasteiger partial charge in [0.05, 0.1) is 110 Å². The number of aromatic nitrogens is 10. The van der Waals surface area contributed by atoms with Gasteiger partial charge in [0, 0.05) is 45.3 Å². The van der Waals surface area contributed by atoms with Crippen molar-refractivity contribution in [3.05, 3.63) is 197 Å². The molecule has 0 radical (unpaired) electrons. The van der Waals surface area contributed by atoms with Crippen molar-refractivity contribution in [1.82, 2.24) is 72.3 Å². The number of phenols is 5. The van der Waals surface area contributed by atoms with E-state index in [1.54, 1.807) is 35.0 Å². The second-order valence-electron chi connectivity index (χ2n) is 35.6. The van der Waals surface area contributed by atoms with Crippen LogP contribution in [-0.2, 0) is 72.0 Å². The highest BCUT2D eigenvalue weighted by atomic mass is 35.5. The topological polar surface area (TPSA) is 292 Å². The first kappa shape index (κ1) is 97.7. The van der Waals surface area contributed by atoms with Crippen LogP contribution in [0.3, 0.4) is 0 Å². The molecule has 0 atom stereocenters. The normalized spacial score (nSPS) is 16.1. The molecule has 129 heavy (non-hydrogen) atoms. The minimum Gasteiger partial charge on any atom is -0.504 e. The first-order valence-electron chi connectivity index (χ1n) is 44.5. The molecule has 5 N–H and O–H groups in total. The van der Waals surface area contributed by atoms with Crippen LogP contribution in [0.1, 0.15) is 177 Å². The van der Waals surface area contributed by atoms with E-state index in [-0.39, 0.29) is 167 Å². The van der Waals surface area contributed by atoms with Gasteiger partial charge in [0.25, 0.3) is 27.8 Å². The summed E-state index contributed by atoms with van der Waals surface area (Å²) in [5, 5.41) is 54.3. The van der Waals surface area contributed by atoms with E-state index in [1.807, 2.05) is 25.9 Å². The molecule has 6 heterocycles. The van der Waals surface area contributed by atoms with Crippen LogP contribution < -0.4 is 27.8 Å². The van der Waals surface area contributed by atoms with Gasteiger partial charge in [0.15, 0.2) is 28.7 Å². The van der Waals surface area contributed by atoms with Crippen LogP contribution >= 0.6 is 116 Å². The van der Waals surface area contributed by atoms with Crippen LogP contribution in [0, 0.1) is 35.4 Å². The summed E-state index contributed by atoms with van der Waals surface area (Å²) in [6, 6.07) is 13.8. The molecule has 6 aromatic carbocycles. The Morgan fingerprint density at radius 1 is 0.357 bits per heavy atom. The first-order chi connectivity index (χ1) is 61.7. The van der Waals surface area contributed by atoms with Gasteiger partial charge in [-0.15, -0.1) is 0 Å². The van der Waals surface area contributed by atoms with Gasteiger partial charge in [0.2, 0.25) is 0 Å². The molecule has 7 fully saturated rings. The molecule has 36 heteroatoms. The Morgan fingerprint density at radius 2 is 0.643 bits per heavy atom. The van der Waals surface area contributed by atoms with E-state index in [2.05, 4.69) is 65.4 Å². The summed E-state index contributed by atoms with van der Waals surface area (Å²) in [5.74, 6) is 4.53. The Bertz CT molecular complexity index is 6320. The molecule has 6 saturated carbocycles. The Morgan fingerprint density at radius 3 is 0.946 bits per heavy atom. The van der Waals surface area contributed by atoms with Crippen molar-refractivity contribution in [3.8, 4) is 28.7 Å². The predicted molar refractivity (Wildman–Crippen MR) is 514 cm³/mol. The molecule has 0 spiro atoms. The average molecular weight is 1970 g/mol. The van der Waals surface area contributed by atoms with Gasteiger partial charge in [-0.25, -0.2) is 29.3 Å². The number of aromatic hydroxyl groups is 5.